The van der Waals surface area contributed by atoms with E-state index in [0.717, 1.165) is 12.1 Å². The van der Waals surface area contributed by atoms with Crippen LogP contribution in [0.3, 0.4) is 0 Å². The lowest BCUT2D eigenvalue weighted by molar-refractivity contribution is -0.384. The smallest absolute Gasteiger partial charge is 0.416 e. The molecular weight excluding hydrogens is 371 g/mol. The number of anilines is 1. The van der Waals surface area contributed by atoms with E-state index in [1.165, 1.54) is 4.90 Å². The minimum Gasteiger partial charge on any atom is -0.481 e. The Morgan fingerprint density at radius 2 is 2.07 bits per heavy atom. The number of carboxylic acids is 1. The van der Waals surface area contributed by atoms with Gasteiger partial charge in [0, 0.05) is 32.1 Å². The van der Waals surface area contributed by atoms with Crippen molar-refractivity contribution in [2.75, 3.05) is 25.0 Å². The molecule has 1 aromatic rings. The maximum atomic E-state index is 12.7. The number of nitro benzene ring substituents is 1. The van der Waals surface area contributed by atoms with Gasteiger partial charge in [-0.25, -0.2) is 0 Å². The molecule has 1 aromatic carbocycles. The maximum Gasteiger partial charge on any atom is 0.416 e. The summed E-state index contributed by atoms with van der Waals surface area (Å²) in [6.45, 7) is 1.88. The molecule has 1 aliphatic rings. The number of alkyl halides is 3. The minimum absolute atomic E-state index is 0.0364. The average molecular weight is 389 g/mol. The molecule has 0 aliphatic carbocycles. The molecule has 2 rings (SSSR count). The first-order chi connectivity index (χ1) is 12.4. The van der Waals surface area contributed by atoms with Crippen LogP contribution in [0, 0.1) is 15.5 Å². The summed E-state index contributed by atoms with van der Waals surface area (Å²) in [6.07, 6.45) is -4.45. The van der Waals surface area contributed by atoms with E-state index in [0.29, 0.717) is 19.0 Å². The van der Waals surface area contributed by atoms with Gasteiger partial charge in [-0.1, -0.05) is 0 Å². The molecule has 1 saturated heterocycles. The SMILES string of the molecule is CC1(C(=O)O)CCN(C(=O)CCNc2ccc(C(F)(F)F)cc2[N+](=O)[O-])C1. The van der Waals surface area contributed by atoms with E-state index < -0.39 is 33.7 Å². The first-order valence-corrected chi connectivity index (χ1v) is 8.05. The Balaban J connectivity index is 1.98. The molecule has 1 fully saturated rings. The van der Waals surface area contributed by atoms with Crippen molar-refractivity contribution >= 4 is 23.3 Å². The van der Waals surface area contributed by atoms with Crippen LogP contribution in [0.4, 0.5) is 24.5 Å². The van der Waals surface area contributed by atoms with Crippen molar-refractivity contribution in [2.45, 2.75) is 25.9 Å². The molecule has 1 amide bonds. The first kappa shape index (κ1) is 20.5. The third-order valence-electron chi connectivity index (χ3n) is 4.52. The molecule has 11 heteroatoms. The van der Waals surface area contributed by atoms with Crippen LogP contribution in [-0.4, -0.2) is 46.4 Å². The minimum atomic E-state index is -4.70. The standard InChI is InChI=1S/C16H18F3N3O5/c1-15(14(24)25)5-7-21(9-15)13(23)4-6-20-11-3-2-10(16(17,18)19)8-12(11)22(26)27/h2-3,8,20H,4-7,9H2,1H3,(H,24,25). The number of nitrogens with one attached hydrogen (secondary N) is 1. The van der Waals surface area contributed by atoms with Gasteiger partial charge in [0.05, 0.1) is 15.9 Å². The summed E-state index contributed by atoms with van der Waals surface area (Å²) in [5.41, 5.74) is -3.01. The van der Waals surface area contributed by atoms with Gasteiger partial charge in [-0.15, -0.1) is 0 Å². The van der Waals surface area contributed by atoms with Gasteiger partial charge in [0.1, 0.15) is 5.69 Å². The largest absolute Gasteiger partial charge is 0.481 e. The highest BCUT2D eigenvalue weighted by atomic mass is 19.4. The summed E-state index contributed by atoms with van der Waals surface area (Å²) < 4.78 is 38.0. The molecule has 1 heterocycles. The van der Waals surface area contributed by atoms with Crippen LogP contribution in [0.25, 0.3) is 0 Å². The number of nitro groups is 1. The van der Waals surface area contributed by atoms with Crippen molar-refractivity contribution in [3.63, 3.8) is 0 Å². The first-order valence-electron chi connectivity index (χ1n) is 8.05. The topological polar surface area (TPSA) is 113 Å². The highest BCUT2D eigenvalue weighted by Gasteiger charge is 2.41. The van der Waals surface area contributed by atoms with Crippen molar-refractivity contribution in [3.8, 4) is 0 Å². The summed E-state index contributed by atoms with van der Waals surface area (Å²) in [6, 6.07) is 2.10. The summed E-state index contributed by atoms with van der Waals surface area (Å²) in [4.78, 5) is 34.8. The second kappa shape index (κ2) is 7.41. The molecular formula is C16H18F3N3O5. The lowest BCUT2D eigenvalue weighted by Crippen LogP contribution is -2.35. The van der Waals surface area contributed by atoms with Gasteiger partial charge >= 0.3 is 12.1 Å². The van der Waals surface area contributed by atoms with E-state index in [2.05, 4.69) is 5.32 Å². The number of halogens is 3. The molecule has 0 bridgehead atoms. The van der Waals surface area contributed by atoms with Crippen LogP contribution in [0.5, 0.6) is 0 Å². The van der Waals surface area contributed by atoms with Crippen LogP contribution in [-0.2, 0) is 15.8 Å². The second-order valence-corrected chi connectivity index (χ2v) is 6.59. The van der Waals surface area contributed by atoms with Crippen molar-refractivity contribution in [1.29, 1.82) is 0 Å². The Labute approximate surface area is 152 Å². The Bertz CT molecular complexity index is 768. The number of nitrogens with zero attached hydrogens (tertiary/aromatic N) is 2. The van der Waals surface area contributed by atoms with E-state index in [-0.39, 0.29) is 31.1 Å². The number of aliphatic carboxylic acids is 1. The number of likely N-dealkylation sites (tertiary alicyclic amines) is 1. The van der Waals surface area contributed by atoms with Gasteiger partial charge < -0.3 is 15.3 Å². The van der Waals surface area contributed by atoms with Gasteiger partial charge in [0.2, 0.25) is 5.91 Å². The Hall–Kier alpha value is -2.85. The predicted octanol–water partition coefficient (Wildman–Crippen LogP) is 2.74. The van der Waals surface area contributed by atoms with Crippen LogP contribution in [0.1, 0.15) is 25.3 Å². The summed E-state index contributed by atoms with van der Waals surface area (Å²) in [7, 11) is 0. The van der Waals surface area contributed by atoms with E-state index in [1.807, 2.05) is 0 Å². The normalized spacial score (nSPS) is 19.8. The number of hydrogen-bond acceptors (Lipinski definition) is 5. The second-order valence-electron chi connectivity index (χ2n) is 6.59. The fourth-order valence-electron chi connectivity index (χ4n) is 2.82. The fraction of sp³-hybridized carbons (Fsp3) is 0.500. The maximum absolute atomic E-state index is 12.7. The Morgan fingerprint density at radius 1 is 1.41 bits per heavy atom. The van der Waals surface area contributed by atoms with Crippen molar-refractivity contribution < 1.29 is 32.8 Å². The van der Waals surface area contributed by atoms with Crippen LogP contribution in [0.15, 0.2) is 18.2 Å². The molecule has 1 unspecified atom stereocenters. The van der Waals surface area contributed by atoms with E-state index >= 15 is 0 Å². The summed E-state index contributed by atoms with van der Waals surface area (Å²) >= 11 is 0. The molecule has 2 N–H and O–H groups in total. The molecule has 1 atom stereocenters. The van der Waals surface area contributed by atoms with E-state index in [9.17, 15) is 32.9 Å². The van der Waals surface area contributed by atoms with Crippen molar-refractivity contribution in [1.82, 2.24) is 4.90 Å². The summed E-state index contributed by atoms with van der Waals surface area (Å²) in [5.74, 6) is -1.32. The van der Waals surface area contributed by atoms with Crippen LogP contribution >= 0.6 is 0 Å². The molecule has 148 valence electrons. The van der Waals surface area contributed by atoms with Gasteiger partial charge in [0.15, 0.2) is 0 Å². The number of rotatable bonds is 6. The average Bonchev–Trinajstić information content (AvgIpc) is 2.98. The molecule has 8 nitrogen and oxygen atoms in total. The van der Waals surface area contributed by atoms with Crippen LogP contribution in [0.2, 0.25) is 0 Å². The highest BCUT2D eigenvalue weighted by molar-refractivity contribution is 5.80. The number of carbonyl (C=O) groups is 2. The monoisotopic (exact) mass is 389 g/mol. The molecule has 1 aliphatic heterocycles. The number of carboxylic acid groups (broad SMARTS) is 1. The highest BCUT2D eigenvalue weighted by Crippen LogP contribution is 2.35. The Morgan fingerprint density at radius 3 is 2.59 bits per heavy atom. The Kier molecular flexibility index (Phi) is 5.62. The lowest BCUT2D eigenvalue weighted by Gasteiger charge is -2.20. The van der Waals surface area contributed by atoms with Gasteiger partial charge in [-0.05, 0) is 25.5 Å². The zero-order valence-corrected chi connectivity index (χ0v) is 14.4. The predicted molar refractivity (Wildman–Crippen MR) is 88.1 cm³/mol. The van der Waals surface area contributed by atoms with Gasteiger partial charge in [-0.3, -0.25) is 19.7 Å². The fourth-order valence-corrected chi connectivity index (χ4v) is 2.82. The third kappa shape index (κ3) is 4.66. The van der Waals surface area contributed by atoms with E-state index in [4.69, 9.17) is 5.11 Å². The molecule has 27 heavy (non-hydrogen) atoms. The molecule has 0 radical (unpaired) electrons. The summed E-state index contributed by atoms with van der Waals surface area (Å²) in [5, 5.41) is 22.8. The quantitative estimate of drug-likeness (QED) is 0.571. The number of hydrogen-bond donors (Lipinski definition) is 2. The molecule has 0 aromatic heterocycles. The van der Waals surface area contributed by atoms with E-state index in [1.54, 1.807) is 6.92 Å². The lowest BCUT2D eigenvalue weighted by atomic mass is 9.90. The van der Waals surface area contributed by atoms with Crippen molar-refractivity contribution in [2.24, 2.45) is 5.41 Å². The van der Waals surface area contributed by atoms with Crippen LogP contribution < -0.4 is 5.32 Å². The third-order valence-corrected chi connectivity index (χ3v) is 4.52. The van der Waals surface area contributed by atoms with Gasteiger partial charge in [-0.2, -0.15) is 13.2 Å². The molecule has 0 saturated carbocycles. The number of amides is 1. The van der Waals surface area contributed by atoms with Gasteiger partial charge in [0.25, 0.3) is 5.69 Å². The number of carbonyl (C=O) groups excluding carboxylic acids is 1. The zero-order valence-electron chi connectivity index (χ0n) is 14.4. The van der Waals surface area contributed by atoms with Crippen molar-refractivity contribution in [3.05, 3.63) is 33.9 Å². The molecule has 0 spiro atoms. The zero-order chi connectivity index (χ0) is 20.4. The number of benzene rings is 1.